The molecule has 1 heterocycles. The Morgan fingerprint density at radius 3 is 2.00 bits per heavy atom. The monoisotopic (exact) mass is 532 g/mol. The largest absolute Gasteiger partial charge is 0.337 e. The third-order valence-corrected chi connectivity index (χ3v) is 6.25. The molecule has 2 N–H and O–H groups in total. The quantitative estimate of drug-likeness (QED) is 0.380. The molecule has 1 saturated heterocycles. The van der Waals surface area contributed by atoms with Gasteiger partial charge in [0.25, 0.3) is 0 Å². The Labute approximate surface area is 228 Å². The molecule has 0 aromatic heterocycles. The van der Waals surface area contributed by atoms with Crippen molar-refractivity contribution in [1.29, 1.82) is 0 Å². The number of hydrogen-bond donors (Lipinski definition) is 2. The summed E-state index contributed by atoms with van der Waals surface area (Å²) in [5.41, 5.74) is 8.94. The van der Waals surface area contributed by atoms with Crippen LogP contribution in [0.15, 0.2) is 42.5 Å². The molecule has 3 rings (SSSR count). The number of halogens is 1. The maximum absolute atomic E-state index is 12.6. The Morgan fingerprint density at radius 1 is 1.08 bits per heavy atom. The molecule has 1 aliphatic rings. The van der Waals surface area contributed by atoms with Crippen molar-refractivity contribution in [3.05, 3.63) is 69.7 Å². The lowest BCUT2D eigenvalue weighted by molar-refractivity contribution is -0.151. The zero-order chi connectivity index (χ0) is 28.4. The van der Waals surface area contributed by atoms with Gasteiger partial charge in [0.2, 0.25) is 12.3 Å². The summed E-state index contributed by atoms with van der Waals surface area (Å²) in [4.78, 5) is 36.1. The number of likely N-dealkylation sites (tertiary alicyclic amines) is 1. The highest BCUT2D eigenvalue weighted by Gasteiger charge is 2.46. The summed E-state index contributed by atoms with van der Waals surface area (Å²) >= 11 is 5.88. The van der Waals surface area contributed by atoms with Gasteiger partial charge in [0, 0.05) is 38.1 Å². The number of carbonyl (C=O) groups is 3. The Kier molecular flexibility index (Phi) is 17.1. The topological polar surface area (TPSA) is 81.8 Å². The number of benzene rings is 2. The van der Waals surface area contributed by atoms with Crippen molar-refractivity contribution in [3.63, 3.8) is 0 Å². The maximum Gasteiger partial charge on any atom is 0.243 e. The number of amides is 2. The van der Waals surface area contributed by atoms with E-state index in [1.54, 1.807) is 7.05 Å². The predicted octanol–water partition coefficient (Wildman–Crippen LogP) is 4.72. The van der Waals surface area contributed by atoms with Crippen molar-refractivity contribution < 1.29 is 14.4 Å². The zero-order valence-electron chi connectivity index (χ0n) is 23.7. The van der Waals surface area contributed by atoms with E-state index in [9.17, 15) is 14.4 Å². The van der Waals surface area contributed by atoms with Crippen molar-refractivity contribution in [2.45, 2.75) is 66.5 Å². The summed E-state index contributed by atoms with van der Waals surface area (Å²) in [6.45, 7) is 14.5. The van der Waals surface area contributed by atoms with Gasteiger partial charge in [-0.1, -0.05) is 66.9 Å². The van der Waals surface area contributed by atoms with Gasteiger partial charge in [0.1, 0.15) is 6.29 Å². The lowest BCUT2D eigenvalue weighted by atomic mass is 9.86. The van der Waals surface area contributed by atoms with Crippen LogP contribution in [0, 0.1) is 13.8 Å². The van der Waals surface area contributed by atoms with Crippen molar-refractivity contribution in [2.75, 3.05) is 27.2 Å². The van der Waals surface area contributed by atoms with Gasteiger partial charge in [0.15, 0.2) is 0 Å². The van der Waals surface area contributed by atoms with Gasteiger partial charge >= 0.3 is 0 Å². The zero-order valence-corrected chi connectivity index (χ0v) is 24.5. The lowest BCUT2D eigenvalue weighted by Gasteiger charge is -2.49. The van der Waals surface area contributed by atoms with Crippen LogP contribution in [0.5, 0.6) is 0 Å². The number of aryl methyl sites for hydroxylation is 2. The molecule has 206 valence electrons. The van der Waals surface area contributed by atoms with E-state index in [4.69, 9.17) is 11.6 Å². The lowest BCUT2D eigenvalue weighted by Crippen LogP contribution is -2.64. The Bertz CT molecular complexity index is 932. The molecular formula is C29H45ClN4O3. The number of hydrazine groups is 1. The molecule has 0 spiro atoms. The summed E-state index contributed by atoms with van der Waals surface area (Å²) in [6, 6.07) is 13.9. The molecule has 7 nitrogen and oxygen atoms in total. The van der Waals surface area contributed by atoms with Gasteiger partial charge in [-0.3, -0.25) is 19.9 Å². The maximum atomic E-state index is 12.6. The van der Waals surface area contributed by atoms with Crippen LogP contribution in [-0.2, 0) is 27.3 Å². The highest BCUT2D eigenvalue weighted by atomic mass is 35.5. The summed E-state index contributed by atoms with van der Waals surface area (Å²) in [5, 5.41) is 0.726. The highest BCUT2D eigenvalue weighted by molar-refractivity contribution is 6.30. The smallest absolute Gasteiger partial charge is 0.243 e. The number of likely N-dealkylation sites (N-methyl/N-ethyl adjacent to an activating group) is 2. The van der Waals surface area contributed by atoms with Crippen molar-refractivity contribution in [2.24, 2.45) is 0 Å². The first-order chi connectivity index (χ1) is 17.6. The van der Waals surface area contributed by atoms with Crippen LogP contribution in [0.4, 0.5) is 0 Å². The molecule has 2 aromatic rings. The number of aldehydes is 1. The Balaban J connectivity index is 0.000000608. The molecule has 1 fully saturated rings. The van der Waals surface area contributed by atoms with E-state index in [1.807, 2.05) is 89.9 Å². The van der Waals surface area contributed by atoms with Crippen LogP contribution in [0.2, 0.25) is 5.02 Å². The van der Waals surface area contributed by atoms with Crippen LogP contribution in [0.25, 0.3) is 0 Å². The van der Waals surface area contributed by atoms with Gasteiger partial charge in [-0.25, -0.2) is 5.43 Å². The Hall–Kier alpha value is -2.74. The second-order valence-corrected chi connectivity index (χ2v) is 9.21. The standard InChI is InChI=1S/C15H21ClN2O.C10H12O.C2H6N2O.C2H6/c1-4-18(11-12-5-7-13(16)8-6-12)14(19)15(2)9-10-17(15)3;1-8-5-9(2)7-10(6-8)3-4-11;1-3-4-2-5;1-2/h5-8H,4,9-11H2,1-3H3;4-7H,3H2,1-2H3;2-3H,1H3,(H,4,5);1-2H3. The summed E-state index contributed by atoms with van der Waals surface area (Å²) in [5.74, 6) is 0.221. The third kappa shape index (κ3) is 11.9. The molecule has 0 bridgehead atoms. The summed E-state index contributed by atoms with van der Waals surface area (Å²) in [6.07, 6.45) is 2.98. The SMILES string of the molecule is CC.CCN(Cc1ccc(Cl)cc1)C(=O)C1(C)CCN1C.CNNC=O.Cc1cc(C)cc(CC=O)c1. The molecule has 0 radical (unpaired) electrons. The minimum atomic E-state index is -0.317. The average Bonchev–Trinajstić information content (AvgIpc) is 2.88. The predicted molar refractivity (Wildman–Crippen MR) is 153 cm³/mol. The van der Waals surface area contributed by atoms with Crippen LogP contribution in [0.1, 0.15) is 56.4 Å². The molecule has 37 heavy (non-hydrogen) atoms. The number of rotatable bonds is 8. The summed E-state index contributed by atoms with van der Waals surface area (Å²) < 4.78 is 0. The minimum absolute atomic E-state index is 0.221. The van der Waals surface area contributed by atoms with Gasteiger partial charge in [0.05, 0.1) is 5.54 Å². The normalized spacial score (nSPS) is 15.7. The van der Waals surface area contributed by atoms with E-state index in [-0.39, 0.29) is 11.4 Å². The molecule has 0 aliphatic carbocycles. The fourth-order valence-corrected chi connectivity index (χ4v) is 3.89. The highest BCUT2D eigenvalue weighted by Crippen LogP contribution is 2.30. The molecule has 1 aliphatic heterocycles. The number of hydrogen-bond acceptors (Lipinski definition) is 5. The average molecular weight is 533 g/mol. The molecule has 1 unspecified atom stereocenters. The second kappa shape index (κ2) is 18.5. The second-order valence-electron chi connectivity index (χ2n) is 8.77. The molecule has 0 saturated carbocycles. The number of carbonyl (C=O) groups excluding carboxylic acids is 3. The van der Waals surface area contributed by atoms with E-state index < -0.39 is 0 Å². The van der Waals surface area contributed by atoms with Gasteiger partial charge in [-0.05, 0) is 64.4 Å². The van der Waals surface area contributed by atoms with E-state index in [0.29, 0.717) is 19.4 Å². The van der Waals surface area contributed by atoms with Crippen LogP contribution in [-0.4, -0.2) is 61.1 Å². The third-order valence-electron chi connectivity index (χ3n) is 6.00. The fourth-order valence-electron chi connectivity index (χ4n) is 3.76. The first kappa shape index (κ1) is 34.3. The summed E-state index contributed by atoms with van der Waals surface area (Å²) in [7, 11) is 3.63. The van der Waals surface area contributed by atoms with E-state index in [0.717, 1.165) is 41.9 Å². The van der Waals surface area contributed by atoms with E-state index >= 15 is 0 Å². The van der Waals surface area contributed by atoms with Crippen molar-refractivity contribution in [3.8, 4) is 0 Å². The van der Waals surface area contributed by atoms with Crippen LogP contribution < -0.4 is 10.9 Å². The van der Waals surface area contributed by atoms with Crippen molar-refractivity contribution in [1.82, 2.24) is 20.7 Å². The van der Waals surface area contributed by atoms with Gasteiger partial charge in [-0.2, -0.15) is 0 Å². The fraction of sp³-hybridized carbons (Fsp3) is 0.483. The first-order valence-electron chi connectivity index (χ1n) is 12.7. The number of nitrogens with zero attached hydrogens (tertiary/aromatic N) is 2. The van der Waals surface area contributed by atoms with Crippen molar-refractivity contribution >= 4 is 30.2 Å². The molecule has 8 heteroatoms. The van der Waals surface area contributed by atoms with Gasteiger partial charge in [-0.15, -0.1) is 0 Å². The molecule has 2 aromatic carbocycles. The van der Waals surface area contributed by atoms with Crippen LogP contribution >= 0.6 is 11.6 Å². The minimum Gasteiger partial charge on any atom is -0.337 e. The van der Waals surface area contributed by atoms with Crippen LogP contribution in [0.3, 0.4) is 0 Å². The molecule has 1 atom stereocenters. The molecule has 2 amide bonds. The van der Waals surface area contributed by atoms with Gasteiger partial charge < -0.3 is 9.69 Å². The van der Waals surface area contributed by atoms with E-state index in [2.05, 4.69) is 21.8 Å². The first-order valence-corrected chi connectivity index (χ1v) is 13.1. The van der Waals surface area contributed by atoms with E-state index in [1.165, 1.54) is 11.1 Å². The Morgan fingerprint density at radius 2 is 1.65 bits per heavy atom. The number of nitrogens with one attached hydrogen (secondary N) is 2. The molecular weight excluding hydrogens is 488 g/mol.